The smallest absolute Gasteiger partial charge is 0.244 e. The van der Waals surface area contributed by atoms with E-state index in [1.165, 1.54) is 23.5 Å². The maximum Gasteiger partial charge on any atom is 0.244 e. The van der Waals surface area contributed by atoms with Gasteiger partial charge in [-0.25, -0.2) is 8.42 Å². The highest BCUT2D eigenvalue weighted by molar-refractivity contribution is 7.89. The van der Waals surface area contributed by atoms with Gasteiger partial charge >= 0.3 is 0 Å². The van der Waals surface area contributed by atoms with Gasteiger partial charge in [-0.1, -0.05) is 29.9 Å². The summed E-state index contributed by atoms with van der Waals surface area (Å²) in [7, 11) is -2.19. The van der Waals surface area contributed by atoms with Crippen molar-refractivity contribution in [2.45, 2.75) is 24.8 Å². The third kappa shape index (κ3) is 4.37. The molecule has 0 radical (unpaired) electrons. The van der Waals surface area contributed by atoms with Gasteiger partial charge in [-0.2, -0.15) is 4.31 Å². The fraction of sp³-hybridized carbons (Fsp3) is 0.462. The summed E-state index contributed by atoms with van der Waals surface area (Å²) in [5, 5.41) is 0.100. The Hall–Kier alpha value is -0.730. The zero-order valence-electron chi connectivity index (χ0n) is 12.2. The maximum atomic E-state index is 12.7. The van der Waals surface area contributed by atoms with E-state index in [1.54, 1.807) is 19.9 Å². The van der Waals surface area contributed by atoms with E-state index >= 15 is 0 Å². The van der Waals surface area contributed by atoms with Crippen LogP contribution in [0.3, 0.4) is 0 Å². The summed E-state index contributed by atoms with van der Waals surface area (Å²) in [6, 6.07) is 4.23. The number of nitrogens with zero attached hydrogens (tertiary/aromatic N) is 1. The first-order valence-electron chi connectivity index (χ1n) is 6.32. The highest BCUT2D eigenvalue weighted by Crippen LogP contribution is 2.27. The van der Waals surface area contributed by atoms with E-state index in [1.807, 2.05) is 0 Å². The minimum atomic E-state index is -3.71. The molecule has 1 aromatic carbocycles. The number of nitrogens with two attached hydrogens (primary N) is 1. The van der Waals surface area contributed by atoms with E-state index in [9.17, 15) is 8.42 Å². The Morgan fingerprint density at radius 2 is 2.10 bits per heavy atom. The van der Waals surface area contributed by atoms with Crippen molar-refractivity contribution in [2.24, 2.45) is 5.73 Å². The van der Waals surface area contributed by atoms with Crippen molar-refractivity contribution in [2.75, 3.05) is 20.3 Å². The lowest BCUT2D eigenvalue weighted by Crippen LogP contribution is -2.39. The number of hydrogen-bond donors (Lipinski definition) is 1. The number of hydrogen-bond acceptors (Lipinski definition) is 4. The molecule has 0 saturated heterocycles. The van der Waals surface area contributed by atoms with Crippen LogP contribution in [0.4, 0.5) is 0 Å². The number of thiocarbonyl (C=S) groups is 1. The van der Waals surface area contributed by atoms with Crippen molar-refractivity contribution < 1.29 is 13.2 Å². The van der Waals surface area contributed by atoms with E-state index in [0.29, 0.717) is 12.2 Å². The van der Waals surface area contributed by atoms with Crippen LogP contribution in [-0.4, -0.2) is 44.0 Å². The fourth-order valence-electron chi connectivity index (χ4n) is 1.83. The summed E-state index contributed by atoms with van der Waals surface area (Å²) in [4.78, 5) is 0.204. The lowest BCUT2D eigenvalue weighted by Gasteiger charge is -2.26. The molecule has 0 unspecified atom stereocenters. The van der Waals surface area contributed by atoms with Gasteiger partial charge in [0, 0.05) is 25.3 Å². The number of sulfonamides is 1. The molecule has 1 aromatic rings. The third-order valence-corrected chi connectivity index (χ3v) is 5.69. The lowest BCUT2D eigenvalue weighted by atomic mass is 10.2. The normalized spacial score (nSPS) is 12.1. The highest BCUT2D eigenvalue weighted by Gasteiger charge is 2.28. The van der Waals surface area contributed by atoms with E-state index in [0.717, 1.165) is 0 Å². The zero-order valence-corrected chi connectivity index (χ0v) is 14.6. The fourth-order valence-corrected chi connectivity index (χ4v) is 4.09. The van der Waals surface area contributed by atoms with Gasteiger partial charge in [-0.3, -0.25) is 0 Å². The van der Waals surface area contributed by atoms with E-state index < -0.39 is 10.0 Å². The number of halogens is 1. The SMILES string of the molecule is COCCN(C(C)C)S(=O)(=O)c1ccc(C(N)=S)cc1Cl. The van der Waals surface area contributed by atoms with Crippen molar-refractivity contribution >= 4 is 38.8 Å². The molecule has 118 valence electrons. The van der Waals surface area contributed by atoms with Gasteiger partial charge in [0.05, 0.1) is 11.6 Å². The first-order valence-corrected chi connectivity index (χ1v) is 8.54. The van der Waals surface area contributed by atoms with Crippen molar-refractivity contribution in [3.8, 4) is 0 Å². The number of benzene rings is 1. The number of ether oxygens (including phenoxy) is 1. The van der Waals surface area contributed by atoms with Gasteiger partial charge in [0.1, 0.15) is 9.88 Å². The lowest BCUT2D eigenvalue weighted by molar-refractivity contribution is 0.171. The Balaban J connectivity index is 3.25. The van der Waals surface area contributed by atoms with E-state index in [-0.39, 0.29) is 27.5 Å². The van der Waals surface area contributed by atoms with Gasteiger partial charge in [-0.05, 0) is 26.0 Å². The molecule has 21 heavy (non-hydrogen) atoms. The van der Waals surface area contributed by atoms with Crippen molar-refractivity contribution in [3.63, 3.8) is 0 Å². The summed E-state index contributed by atoms with van der Waals surface area (Å²) in [6.07, 6.45) is 0. The molecule has 0 aliphatic rings. The molecule has 8 heteroatoms. The van der Waals surface area contributed by atoms with Crippen LogP contribution in [0.25, 0.3) is 0 Å². The molecule has 0 spiro atoms. The van der Waals surface area contributed by atoms with Crippen LogP contribution in [0, 0.1) is 0 Å². The Bertz CT molecular complexity index is 618. The van der Waals surface area contributed by atoms with Crippen LogP contribution in [0.15, 0.2) is 23.1 Å². The second kappa shape index (κ2) is 7.51. The van der Waals surface area contributed by atoms with Gasteiger partial charge < -0.3 is 10.5 Å². The molecule has 0 aliphatic carbocycles. The van der Waals surface area contributed by atoms with Crippen LogP contribution >= 0.6 is 23.8 Å². The standard InChI is InChI=1S/C13H19ClN2O3S2/c1-9(2)16(6-7-19-3)21(17,18)12-5-4-10(13(15)20)8-11(12)14/h4-5,8-9H,6-7H2,1-3H3,(H2,15,20). The predicted molar refractivity (Wildman–Crippen MR) is 88.2 cm³/mol. The molecule has 0 bridgehead atoms. The highest BCUT2D eigenvalue weighted by atomic mass is 35.5. The van der Waals surface area contributed by atoms with Gasteiger partial charge in [0.2, 0.25) is 10.0 Å². The second-order valence-electron chi connectivity index (χ2n) is 4.71. The molecule has 0 fully saturated rings. The molecule has 2 N–H and O–H groups in total. The second-order valence-corrected chi connectivity index (χ2v) is 7.42. The van der Waals surface area contributed by atoms with Crippen molar-refractivity contribution in [1.29, 1.82) is 0 Å². The van der Waals surface area contributed by atoms with Crippen LogP contribution in [0.1, 0.15) is 19.4 Å². The summed E-state index contributed by atoms with van der Waals surface area (Å²) < 4.78 is 31.7. The summed E-state index contributed by atoms with van der Waals surface area (Å²) >= 11 is 10.9. The molecule has 0 saturated carbocycles. The van der Waals surface area contributed by atoms with Gasteiger partial charge in [0.15, 0.2) is 0 Å². The number of rotatable bonds is 7. The average Bonchev–Trinajstić information content (AvgIpc) is 2.37. The largest absolute Gasteiger partial charge is 0.389 e. The van der Waals surface area contributed by atoms with Crippen LogP contribution in [0.5, 0.6) is 0 Å². The Morgan fingerprint density at radius 3 is 2.52 bits per heavy atom. The molecule has 5 nitrogen and oxygen atoms in total. The quantitative estimate of drug-likeness (QED) is 0.762. The van der Waals surface area contributed by atoms with Crippen LogP contribution < -0.4 is 5.73 Å². The minimum absolute atomic E-state index is 0.0361. The number of methoxy groups -OCH3 is 1. The zero-order chi connectivity index (χ0) is 16.2. The van der Waals surface area contributed by atoms with Crippen molar-refractivity contribution in [1.82, 2.24) is 4.31 Å². The Kier molecular flexibility index (Phi) is 6.55. The van der Waals surface area contributed by atoms with Gasteiger partial charge in [-0.15, -0.1) is 0 Å². The average molecular weight is 351 g/mol. The summed E-state index contributed by atoms with van der Waals surface area (Å²) in [6.45, 7) is 4.15. The summed E-state index contributed by atoms with van der Waals surface area (Å²) in [5.74, 6) is 0. The molecule has 0 aliphatic heterocycles. The molecule has 0 atom stereocenters. The van der Waals surface area contributed by atoms with E-state index in [2.05, 4.69) is 0 Å². The minimum Gasteiger partial charge on any atom is -0.389 e. The topological polar surface area (TPSA) is 72.6 Å². The first-order chi connectivity index (χ1) is 9.71. The van der Waals surface area contributed by atoms with Gasteiger partial charge in [0.25, 0.3) is 0 Å². The third-order valence-electron chi connectivity index (χ3n) is 2.89. The summed E-state index contributed by atoms with van der Waals surface area (Å²) in [5.41, 5.74) is 6.04. The van der Waals surface area contributed by atoms with Crippen LogP contribution in [0.2, 0.25) is 5.02 Å². The first kappa shape index (κ1) is 18.3. The maximum absolute atomic E-state index is 12.7. The molecular formula is C13H19ClN2O3S2. The molecule has 0 aromatic heterocycles. The van der Waals surface area contributed by atoms with Crippen molar-refractivity contribution in [3.05, 3.63) is 28.8 Å². The molecular weight excluding hydrogens is 332 g/mol. The molecule has 0 heterocycles. The molecule has 1 rings (SSSR count). The Labute approximate surface area is 136 Å². The predicted octanol–water partition coefficient (Wildman–Crippen LogP) is 2.02. The van der Waals surface area contributed by atoms with Crippen LogP contribution in [-0.2, 0) is 14.8 Å². The van der Waals surface area contributed by atoms with E-state index in [4.69, 9.17) is 34.3 Å². The molecule has 0 amide bonds. The Morgan fingerprint density at radius 1 is 1.48 bits per heavy atom. The monoisotopic (exact) mass is 350 g/mol.